The van der Waals surface area contributed by atoms with E-state index in [9.17, 15) is 9.18 Å². The van der Waals surface area contributed by atoms with Crippen LogP contribution in [-0.4, -0.2) is 5.91 Å². The van der Waals surface area contributed by atoms with E-state index in [1.807, 2.05) is 0 Å². The van der Waals surface area contributed by atoms with Gasteiger partial charge in [-0.05, 0) is 36.4 Å². The van der Waals surface area contributed by atoms with Crippen molar-refractivity contribution in [3.8, 4) is 0 Å². The van der Waals surface area contributed by atoms with Crippen molar-refractivity contribution < 1.29 is 9.18 Å². The van der Waals surface area contributed by atoms with Gasteiger partial charge >= 0.3 is 0 Å². The van der Waals surface area contributed by atoms with Gasteiger partial charge in [0, 0.05) is 10.6 Å². The van der Waals surface area contributed by atoms with E-state index in [4.69, 9.17) is 23.2 Å². The number of rotatable bonds is 2. The van der Waals surface area contributed by atoms with Crippen molar-refractivity contribution in [2.75, 3.05) is 5.32 Å². The molecular formula is C13H8Cl2FNO. The van der Waals surface area contributed by atoms with Crippen LogP contribution in [0, 0.1) is 5.82 Å². The Labute approximate surface area is 113 Å². The van der Waals surface area contributed by atoms with Crippen LogP contribution in [0.1, 0.15) is 10.4 Å². The van der Waals surface area contributed by atoms with Gasteiger partial charge in [-0.25, -0.2) is 4.39 Å². The van der Waals surface area contributed by atoms with Crippen molar-refractivity contribution in [2.24, 2.45) is 0 Å². The zero-order chi connectivity index (χ0) is 13.1. The van der Waals surface area contributed by atoms with Gasteiger partial charge in [0.05, 0.1) is 10.7 Å². The summed E-state index contributed by atoms with van der Waals surface area (Å²) in [5, 5.41) is 3.39. The molecule has 0 aliphatic rings. The fourth-order valence-corrected chi connectivity index (χ4v) is 1.87. The smallest absolute Gasteiger partial charge is 0.255 e. The fraction of sp³-hybridized carbons (Fsp3) is 0. The maximum atomic E-state index is 13.0. The van der Waals surface area contributed by atoms with E-state index in [0.29, 0.717) is 15.7 Å². The zero-order valence-corrected chi connectivity index (χ0v) is 10.6. The Morgan fingerprint density at radius 2 is 1.89 bits per heavy atom. The first-order valence-electron chi connectivity index (χ1n) is 5.08. The lowest BCUT2D eigenvalue weighted by Crippen LogP contribution is -2.12. The Morgan fingerprint density at radius 3 is 2.56 bits per heavy atom. The highest BCUT2D eigenvalue weighted by atomic mass is 35.5. The molecule has 92 valence electrons. The molecule has 0 spiro atoms. The molecule has 0 unspecified atom stereocenters. The average Bonchev–Trinajstić information content (AvgIpc) is 2.32. The lowest BCUT2D eigenvalue weighted by molar-refractivity contribution is 0.102. The molecular weight excluding hydrogens is 276 g/mol. The topological polar surface area (TPSA) is 29.1 Å². The molecule has 0 radical (unpaired) electrons. The average molecular weight is 284 g/mol. The van der Waals surface area contributed by atoms with Gasteiger partial charge in [0.2, 0.25) is 0 Å². The molecule has 2 rings (SSSR count). The maximum Gasteiger partial charge on any atom is 0.255 e. The van der Waals surface area contributed by atoms with Crippen LogP contribution in [-0.2, 0) is 0 Å². The number of carbonyl (C=O) groups is 1. The van der Waals surface area contributed by atoms with E-state index in [0.717, 1.165) is 6.07 Å². The second kappa shape index (κ2) is 5.38. The Bertz CT molecular complexity index is 601. The van der Waals surface area contributed by atoms with Crippen LogP contribution < -0.4 is 5.32 Å². The monoisotopic (exact) mass is 283 g/mol. The largest absolute Gasteiger partial charge is 0.321 e. The Hall–Kier alpha value is -1.58. The molecule has 1 N–H and O–H groups in total. The molecule has 0 aliphatic carbocycles. The van der Waals surface area contributed by atoms with Crippen LogP contribution in [0.4, 0.5) is 10.1 Å². The first kappa shape index (κ1) is 12.9. The lowest BCUT2D eigenvalue weighted by Gasteiger charge is -2.07. The van der Waals surface area contributed by atoms with Gasteiger partial charge in [0.15, 0.2) is 0 Å². The maximum absolute atomic E-state index is 13.0. The van der Waals surface area contributed by atoms with E-state index in [2.05, 4.69) is 5.32 Å². The molecule has 18 heavy (non-hydrogen) atoms. The molecule has 0 fully saturated rings. The number of hydrogen-bond acceptors (Lipinski definition) is 1. The minimum Gasteiger partial charge on any atom is -0.321 e. The second-order valence-electron chi connectivity index (χ2n) is 3.59. The number of carbonyl (C=O) groups excluding carboxylic acids is 1. The second-order valence-corrected chi connectivity index (χ2v) is 4.43. The summed E-state index contributed by atoms with van der Waals surface area (Å²) in [4.78, 5) is 11.8. The molecule has 2 aromatic rings. The summed E-state index contributed by atoms with van der Waals surface area (Å²) in [6.07, 6.45) is 0. The normalized spacial score (nSPS) is 10.2. The first-order chi connectivity index (χ1) is 8.56. The molecule has 5 heteroatoms. The minimum absolute atomic E-state index is 0.223. The summed E-state index contributed by atoms with van der Waals surface area (Å²) >= 11 is 11.7. The van der Waals surface area contributed by atoms with Crippen molar-refractivity contribution in [1.29, 1.82) is 0 Å². The number of amides is 1. The van der Waals surface area contributed by atoms with Gasteiger partial charge in [-0.3, -0.25) is 4.79 Å². The molecule has 0 heterocycles. The summed E-state index contributed by atoms with van der Waals surface area (Å²) < 4.78 is 13.0. The van der Waals surface area contributed by atoms with E-state index in [-0.39, 0.29) is 5.56 Å². The number of anilines is 1. The van der Waals surface area contributed by atoms with Gasteiger partial charge < -0.3 is 5.32 Å². The predicted molar refractivity (Wildman–Crippen MR) is 70.8 cm³/mol. The molecule has 0 atom stereocenters. The van der Waals surface area contributed by atoms with E-state index < -0.39 is 11.7 Å². The highest BCUT2D eigenvalue weighted by Gasteiger charge is 2.09. The molecule has 0 saturated heterocycles. The van der Waals surface area contributed by atoms with Gasteiger partial charge in [-0.2, -0.15) is 0 Å². The lowest BCUT2D eigenvalue weighted by atomic mass is 10.2. The first-order valence-corrected chi connectivity index (χ1v) is 5.84. The van der Waals surface area contributed by atoms with Gasteiger partial charge in [0.25, 0.3) is 5.91 Å². The number of halogens is 3. The van der Waals surface area contributed by atoms with Gasteiger partial charge in [-0.15, -0.1) is 0 Å². The molecule has 1 amide bonds. The molecule has 2 nitrogen and oxygen atoms in total. The van der Waals surface area contributed by atoms with Crippen LogP contribution in [0.25, 0.3) is 0 Å². The van der Waals surface area contributed by atoms with Gasteiger partial charge in [-0.1, -0.05) is 29.3 Å². The van der Waals surface area contributed by atoms with Crippen LogP contribution in [0.2, 0.25) is 10.0 Å². The van der Waals surface area contributed by atoms with E-state index in [1.54, 1.807) is 12.1 Å². The number of hydrogen-bond donors (Lipinski definition) is 1. The van der Waals surface area contributed by atoms with Crippen molar-refractivity contribution in [3.63, 3.8) is 0 Å². The minimum atomic E-state index is -0.468. The van der Waals surface area contributed by atoms with Crippen LogP contribution in [0.3, 0.4) is 0 Å². The number of benzene rings is 2. The quantitative estimate of drug-likeness (QED) is 0.870. The summed E-state index contributed by atoms with van der Waals surface area (Å²) in [6.45, 7) is 0. The summed E-state index contributed by atoms with van der Waals surface area (Å²) in [6, 6.07) is 10.1. The third-order valence-corrected chi connectivity index (χ3v) is 2.81. The Morgan fingerprint density at radius 1 is 1.11 bits per heavy atom. The van der Waals surface area contributed by atoms with E-state index >= 15 is 0 Å². The third kappa shape index (κ3) is 3.00. The van der Waals surface area contributed by atoms with E-state index in [1.165, 1.54) is 24.3 Å². The molecule has 0 bridgehead atoms. The zero-order valence-electron chi connectivity index (χ0n) is 9.08. The SMILES string of the molecule is O=C(Nc1ccc(Cl)cc1Cl)c1cccc(F)c1. The summed E-state index contributed by atoms with van der Waals surface area (Å²) in [5.41, 5.74) is 0.649. The molecule has 0 saturated carbocycles. The Balaban J connectivity index is 2.21. The fourth-order valence-electron chi connectivity index (χ4n) is 1.42. The Kier molecular flexibility index (Phi) is 3.84. The summed E-state index contributed by atoms with van der Waals surface area (Å²) in [7, 11) is 0. The molecule has 0 aromatic heterocycles. The van der Waals surface area contributed by atoms with Crippen LogP contribution in [0.15, 0.2) is 42.5 Å². The van der Waals surface area contributed by atoms with Crippen molar-refractivity contribution >= 4 is 34.8 Å². The third-order valence-electron chi connectivity index (χ3n) is 2.27. The number of nitrogens with one attached hydrogen (secondary N) is 1. The highest BCUT2D eigenvalue weighted by molar-refractivity contribution is 6.36. The van der Waals surface area contributed by atoms with Crippen molar-refractivity contribution in [1.82, 2.24) is 0 Å². The van der Waals surface area contributed by atoms with Crippen molar-refractivity contribution in [3.05, 3.63) is 63.9 Å². The van der Waals surface area contributed by atoms with Crippen LogP contribution >= 0.6 is 23.2 Å². The summed E-state index contributed by atoms with van der Waals surface area (Å²) in [5.74, 6) is -0.899. The molecule has 2 aromatic carbocycles. The van der Waals surface area contributed by atoms with Crippen molar-refractivity contribution in [2.45, 2.75) is 0 Å². The molecule has 0 aliphatic heterocycles. The van der Waals surface area contributed by atoms with Gasteiger partial charge in [0.1, 0.15) is 5.82 Å². The van der Waals surface area contributed by atoms with Crippen LogP contribution in [0.5, 0.6) is 0 Å². The highest BCUT2D eigenvalue weighted by Crippen LogP contribution is 2.25. The predicted octanol–water partition coefficient (Wildman–Crippen LogP) is 4.38. The standard InChI is InChI=1S/C13H8Cl2FNO/c14-9-4-5-12(11(15)7-9)17-13(18)8-2-1-3-10(16)6-8/h1-7H,(H,17,18).